The van der Waals surface area contributed by atoms with Crippen molar-refractivity contribution in [2.45, 2.75) is 20.4 Å². The molecule has 0 N–H and O–H groups in total. The first kappa shape index (κ1) is 16.7. The molecule has 2 aromatic carbocycles. The van der Waals surface area contributed by atoms with E-state index < -0.39 is 0 Å². The minimum absolute atomic E-state index is 0.0130. The fraction of sp³-hybridized carbons (Fsp3) is 0.200. The third-order valence-electron chi connectivity index (χ3n) is 4.00. The highest BCUT2D eigenvalue weighted by Gasteiger charge is 2.16. The van der Waals surface area contributed by atoms with E-state index in [9.17, 15) is 4.79 Å². The van der Waals surface area contributed by atoms with Gasteiger partial charge in [-0.2, -0.15) is 0 Å². The van der Waals surface area contributed by atoms with Crippen molar-refractivity contribution >= 4 is 32.7 Å². The number of fused-ring (bicyclic) bond motifs is 1. The van der Waals surface area contributed by atoms with Crippen LogP contribution >= 0.6 is 15.9 Å². The largest absolute Gasteiger partial charge is 0.337 e. The van der Waals surface area contributed by atoms with Gasteiger partial charge in [-0.15, -0.1) is 0 Å². The van der Waals surface area contributed by atoms with Crippen molar-refractivity contribution in [2.75, 3.05) is 7.05 Å². The predicted octanol–water partition coefficient (Wildman–Crippen LogP) is 4.89. The van der Waals surface area contributed by atoms with Gasteiger partial charge in [0.25, 0.3) is 5.91 Å². The van der Waals surface area contributed by atoms with Gasteiger partial charge in [0.2, 0.25) is 0 Å². The van der Waals surface area contributed by atoms with Crippen LogP contribution in [0.2, 0.25) is 0 Å². The number of aromatic nitrogens is 1. The maximum atomic E-state index is 13.0. The number of pyridine rings is 1. The number of hydrogen-bond acceptors (Lipinski definition) is 2. The molecular formula is C20H19BrN2O. The van der Waals surface area contributed by atoms with Crippen molar-refractivity contribution in [1.82, 2.24) is 9.88 Å². The number of carbonyl (C=O) groups excluding carboxylic acids is 1. The third kappa shape index (κ3) is 3.49. The summed E-state index contributed by atoms with van der Waals surface area (Å²) < 4.78 is 1.03. The highest BCUT2D eigenvalue weighted by atomic mass is 79.9. The van der Waals surface area contributed by atoms with Crippen LogP contribution in [0.4, 0.5) is 0 Å². The normalized spacial score (nSPS) is 10.8. The lowest BCUT2D eigenvalue weighted by Gasteiger charge is -2.19. The molecular weight excluding hydrogens is 364 g/mol. The van der Waals surface area contributed by atoms with Gasteiger partial charge in [-0.1, -0.05) is 39.7 Å². The summed E-state index contributed by atoms with van der Waals surface area (Å²) in [5.74, 6) is 0.0130. The monoisotopic (exact) mass is 382 g/mol. The number of aryl methyl sites for hydroxylation is 2. The second kappa shape index (κ2) is 6.73. The Hall–Kier alpha value is -2.20. The molecule has 1 amide bonds. The fourth-order valence-corrected chi connectivity index (χ4v) is 3.05. The summed E-state index contributed by atoms with van der Waals surface area (Å²) in [6, 6.07) is 15.9. The first-order chi connectivity index (χ1) is 11.4. The molecule has 0 aliphatic rings. The van der Waals surface area contributed by atoms with Crippen LogP contribution in [0, 0.1) is 13.8 Å². The van der Waals surface area contributed by atoms with Gasteiger partial charge >= 0.3 is 0 Å². The number of hydrogen-bond donors (Lipinski definition) is 0. The minimum atomic E-state index is 0.0130. The van der Waals surface area contributed by atoms with Crippen LogP contribution in [-0.4, -0.2) is 22.8 Å². The summed E-state index contributed by atoms with van der Waals surface area (Å²) in [6.07, 6.45) is 0. The molecule has 0 unspecified atom stereocenters. The van der Waals surface area contributed by atoms with E-state index >= 15 is 0 Å². The molecule has 0 bridgehead atoms. The zero-order chi connectivity index (χ0) is 17.3. The molecule has 0 saturated heterocycles. The van der Waals surface area contributed by atoms with E-state index in [0.29, 0.717) is 12.1 Å². The lowest BCUT2D eigenvalue weighted by molar-refractivity contribution is 0.0787. The summed E-state index contributed by atoms with van der Waals surface area (Å²) in [7, 11) is 1.84. The number of carbonyl (C=O) groups is 1. The summed E-state index contributed by atoms with van der Waals surface area (Å²) >= 11 is 3.43. The van der Waals surface area contributed by atoms with Crippen LogP contribution in [0.3, 0.4) is 0 Å². The topological polar surface area (TPSA) is 33.2 Å². The number of nitrogens with zero attached hydrogens (tertiary/aromatic N) is 2. The Morgan fingerprint density at radius 3 is 2.50 bits per heavy atom. The summed E-state index contributed by atoms with van der Waals surface area (Å²) in [5, 5.41) is 0.910. The van der Waals surface area contributed by atoms with Gasteiger partial charge < -0.3 is 4.90 Å². The Kier molecular flexibility index (Phi) is 4.67. The molecule has 3 nitrogen and oxygen atoms in total. The lowest BCUT2D eigenvalue weighted by atomic mass is 10.0. The lowest BCUT2D eigenvalue weighted by Crippen LogP contribution is -2.26. The second-order valence-corrected chi connectivity index (χ2v) is 7.04. The Morgan fingerprint density at radius 2 is 1.79 bits per heavy atom. The van der Waals surface area contributed by atoms with Crippen LogP contribution in [0.1, 0.15) is 27.2 Å². The molecule has 0 aliphatic carbocycles. The van der Waals surface area contributed by atoms with Crippen LogP contribution < -0.4 is 0 Å². The molecule has 122 valence electrons. The highest BCUT2D eigenvalue weighted by Crippen LogP contribution is 2.22. The molecule has 0 radical (unpaired) electrons. The molecule has 24 heavy (non-hydrogen) atoms. The third-order valence-corrected chi connectivity index (χ3v) is 4.53. The van der Waals surface area contributed by atoms with E-state index in [4.69, 9.17) is 0 Å². The van der Waals surface area contributed by atoms with Gasteiger partial charge in [0.1, 0.15) is 0 Å². The second-order valence-electron chi connectivity index (χ2n) is 6.12. The first-order valence-electron chi connectivity index (χ1n) is 7.82. The van der Waals surface area contributed by atoms with Gasteiger partial charge in [-0.3, -0.25) is 9.78 Å². The van der Waals surface area contributed by atoms with E-state index in [0.717, 1.165) is 32.2 Å². The molecule has 1 aromatic heterocycles. The zero-order valence-electron chi connectivity index (χ0n) is 14.0. The SMILES string of the molecule is Cc1ccc2nc(C)cc(C(=O)N(C)Cc3ccc(Br)cc3)c2c1. The molecule has 4 heteroatoms. The van der Waals surface area contributed by atoms with Crippen molar-refractivity contribution < 1.29 is 4.79 Å². The maximum absolute atomic E-state index is 13.0. The van der Waals surface area contributed by atoms with Gasteiger partial charge in [-0.05, 0) is 49.7 Å². The highest BCUT2D eigenvalue weighted by molar-refractivity contribution is 9.10. The van der Waals surface area contributed by atoms with E-state index in [1.54, 1.807) is 4.90 Å². The summed E-state index contributed by atoms with van der Waals surface area (Å²) in [6.45, 7) is 4.52. The van der Waals surface area contributed by atoms with Crippen LogP contribution in [0.5, 0.6) is 0 Å². The summed E-state index contributed by atoms with van der Waals surface area (Å²) in [4.78, 5) is 19.3. The van der Waals surface area contributed by atoms with E-state index in [2.05, 4.69) is 20.9 Å². The number of halogens is 1. The molecule has 0 spiro atoms. The number of rotatable bonds is 3. The number of benzene rings is 2. The quantitative estimate of drug-likeness (QED) is 0.646. The summed E-state index contributed by atoms with van der Waals surface area (Å²) in [5.41, 5.74) is 4.65. The molecule has 3 rings (SSSR count). The smallest absolute Gasteiger partial charge is 0.254 e. The van der Waals surface area contributed by atoms with Crippen molar-refractivity contribution in [3.8, 4) is 0 Å². The average Bonchev–Trinajstić information content (AvgIpc) is 2.56. The van der Waals surface area contributed by atoms with Crippen molar-refractivity contribution in [1.29, 1.82) is 0 Å². The van der Waals surface area contributed by atoms with E-state index in [-0.39, 0.29) is 5.91 Å². The predicted molar refractivity (Wildman–Crippen MR) is 101 cm³/mol. The Balaban J connectivity index is 1.95. The maximum Gasteiger partial charge on any atom is 0.254 e. The first-order valence-corrected chi connectivity index (χ1v) is 8.61. The van der Waals surface area contributed by atoms with E-state index in [1.807, 2.05) is 69.4 Å². The molecule has 0 saturated carbocycles. The molecule has 0 fully saturated rings. The van der Waals surface area contributed by atoms with Gasteiger partial charge in [0.15, 0.2) is 0 Å². The van der Waals surface area contributed by atoms with Gasteiger partial charge in [0.05, 0.1) is 11.1 Å². The molecule has 3 aromatic rings. The Morgan fingerprint density at radius 1 is 1.08 bits per heavy atom. The van der Waals surface area contributed by atoms with Crippen molar-refractivity contribution in [3.63, 3.8) is 0 Å². The molecule has 0 aliphatic heterocycles. The Bertz CT molecular complexity index is 903. The number of amides is 1. The molecule has 1 heterocycles. The minimum Gasteiger partial charge on any atom is -0.337 e. The average molecular weight is 383 g/mol. The van der Waals surface area contributed by atoms with Crippen LogP contribution in [0.15, 0.2) is 53.0 Å². The molecule has 0 atom stereocenters. The van der Waals surface area contributed by atoms with Gasteiger partial charge in [-0.25, -0.2) is 0 Å². The zero-order valence-corrected chi connectivity index (χ0v) is 15.6. The Labute approximate surface area is 150 Å². The van der Waals surface area contributed by atoms with Crippen LogP contribution in [0.25, 0.3) is 10.9 Å². The van der Waals surface area contributed by atoms with Crippen LogP contribution in [-0.2, 0) is 6.54 Å². The fourth-order valence-electron chi connectivity index (χ4n) is 2.79. The standard InChI is InChI=1S/C20H19BrN2O/c1-13-4-9-19-17(10-13)18(11-14(2)22-19)20(24)23(3)12-15-5-7-16(21)8-6-15/h4-11H,12H2,1-3H3. The van der Waals surface area contributed by atoms with E-state index in [1.165, 1.54) is 0 Å². The van der Waals surface area contributed by atoms with Crippen molar-refractivity contribution in [3.05, 3.63) is 75.4 Å². The van der Waals surface area contributed by atoms with Crippen molar-refractivity contribution in [2.24, 2.45) is 0 Å². The van der Waals surface area contributed by atoms with Gasteiger partial charge in [0, 0.05) is 29.1 Å².